The smallest absolute Gasteiger partial charge is 0.0646 e. The molecule has 0 fully saturated rings. The minimum Gasteiger partial charge on any atom is -0.340 e. The largest absolute Gasteiger partial charge is 0.340 e. The highest BCUT2D eigenvalue weighted by Crippen LogP contribution is 2.35. The van der Waals surface area contributed by atoms with Crippen LogP contribution in [0.1, 0.15) is 12.5 Å². The molecule has 18 heavy (non-hydrogen) atoms. The van der Waals surface area contributed by atoms with Crippen LogP contribution in [0.25, 0.3) is 0 Å². The van der Waals surface area contributed by atoms with Gasteiger partial charge in [-0.15, -0.1) is 11.6 Å². The minimum atomic E-state index is 0.458. The van der Waals surface area contributed by atoms with Gasteiger partial charge in [0.2, 0.25) is 0 Å². The Morgan fingerprint density at radius 3 is 2.33 bits per heavy atom. The van der Waals surface area contributed by atoms with Gasteiger partial charge in [0.25, 0.3) is 0 Å². The fourth-order valence-electron chi connectivity index (χ4n) is 2.05. The van der Waals surface area contributed by atoms with Crippen molar-refractivity contribution in [1.29, 1.82) is 0 Å². The second kappa shape index (κ2) is 6.12. The SMILES string of the molecule is CCN(c1ccccc1)c1c(Cl)cccc1CCl. The van der Waals surface area contributed by atoms with Crippen molar-refractivity contribution in [3.63, 3.8) is 0 Å². The lowest BCUT2D eigenvalue weighted by Gasteiger charge is -2.26. The highest BCUT2D eigenvalue weighted by atomic mass is 35.5. The highest BCUT2D eigenvalue weighted by molar-refractivity contribution is 6.33. The summed E-state index contributed by atoms with van der Waals surface area (Å²) in [6, 6.07) is 16.0. The molecule has 3 heteroatoms. The van der Waals surface area contributed by atoms with Crippen molar-refractivity contribution >= 4 is 34.6 Å². The molecule has 0 heterocycles. The molecular formula is C15H15Cl2N. The number of nitrogens with zero attached hydrogens (tertiary/aromatic N) is 1. The summed E-state index contributed by atoms with van der Waals surface area (Å²) in [5, 5.41) is 0.735. The van der Waals surface area contributed by atoms with Crippen LogP contribution >= 0.6 is 23.2 Å². The van der Waals surface area contributed by atoms with E-state index >= 15 is 0 Å². The number of benzene rings is 2. The molecule has 2 aromatic rings. The van der Waals surface area contributed by atoms with E-state index in [-0.39, 0.29) is 0 Å². The topological polar surface area (TPSA) is 3.24 Å². The Morgan fingerprint density at radius 2 is 1.72 bits per heavy atom. The fourth-order valence-corrected chi connectivity index (χ4v) is 2.56. The summed E-state index contributed by atoms with van der Waals surface area (Å²) < 4.78 is 0. The third-order valence-electron chi connectivity index (χ3n) is 2.87. The Kier molecular flexibility index (Phi) is 4.51. The Balaban J connectivity index is 2.52. The van der Waals surface area contributed by atoms with E-state index in [1.807, 2.05) is 36.4 Å². The monoisotopic (exact) mass is 279 g/mol. The van der Waals surface area contributed by atoms with E-state index in [1.54, 1.807) is 0 Å². The van der Waals surface area contributed by atoms with Crippen molar-refractivity contribution in [3.8, 4) is 0 Å². The second-order valence-corrected chi connectivity index (χ2v) is 4.64. The fraction of sp³-hybridized carbons (Fsp3) is 0.200. The lowest BCUT2D eigenvalue weighted by Crippen LogP contribution is -2.17. The molecule has 0 aliphatic carbocycles. The predicted molar refractivity (Wildman–Crippen MR) is 80.1 cm³/mol. The minimum absolute atomic E-state index is 0.458. The Hall–Kier alpha value is -1.18. The van der Waals surface area contributed by atoms with Crippen molar-refractivity contribution in [3.05, 3.63) is 59.1 Å². The molecule has 0 aliphatic heterocycles. The summed E-state index contributed by atoms with van der Waals surface area (Å²) in [6.07, 6.45) is 0. The number of halogens is 2. The zero-order valence-corrected chi connectivity index (χ0v) is 11.7. The summed E-state index contributed by atoms with van der Waals surface area (Å²) in [5.74, 6) is 0.458. The van der Waals surface area contributed by atoms with Gasteiger partial charge in [0, 0.05) is 18.1 Å². The number of alkyl halides is 1. The van der Waals surface area contributed by atoms with Crippen molar-refractivity contribution < 1.29 is 0 Å². The van der Waals surface area contributed by atoms with Gasteiger partial charge in [-0.05, 0) is 30.7 Å². The molecule has 0 spiro atoms. The predicted octanol–water partition coefficient (Wildman–Crippen LogP) is 5.24. The normalized spacial score (nSPS) is 10.4. The van der Waals surface area contributed by atoms with E-state index in [1.165, 1.54) is 0 Å². The Labute approximate surface area is 118 Å². The maximum Gasteiger partial charge on any atom is 0.0646 e. The van der Waals surface area contributed by atoms with Gasteiger partial charge in [-0.3, -0.25) is 0 Å². The molecule has 1 nitrogen and oxygen atoms in total. The first-order valence-electron chi connectivity index (χ1n) is 5.94. The number of hydrogen-bond donors (Lipinski definition) is 0. The van der Waals surface area contributed by atoms with Crippen LogP contribution in [0.3, 0.4) is 0 Å². The molecule has 94 valence electrons. The molecule has 0 bridgehead atoms. The van der Waals surface area contributed by atoms with Crippen molar-refractivity contribution in [2.45, 2.75) is 12.8 Å². The molecular weight excluding hydrogens is 265 g/mol. The van der Waals surface area contributed by atoms with E-state index in [4.69, 9.17) is 23.2 Å². The van der Waals surface area contributed by atoms with Crippen molar-refractivity contribution in [2.24, 2.45) is 0 Å². The number of rotatable bonds is 4. The first-order valence-corrected chi connectivity index (χ1v) is 6.85. The van der Waals surface area contributed by atoms with E-state index < -0.39 is 0 Å². The molecule has 0 saturated carbocycles. The molecule has 2 aromatic carbocycles. The zero-order chi connectivity index (χ0) is 13.0. The van der Waals surface area contributed by atoms with Gasteiger partial charge in [-0.25, -0.2) is 0 Å². The highest BCUT2D eigenvalue weighted by Gasteiger charge is 2.14. The van der Waals surface area contributed by atoms with E-state index in [0.29, 0.717) is 5.88 Å². The van der Waals surface area contributed by atoms with Crippen LogP contribution in [0, 0.1) is 0 Å². The summed E-state index contributed by atoms with van der Waals surface area (Å²) in [4.78, 5) is 2.18. The Bertz CT molecular complexity index is 511. The summed E-state index contributed by atoms with van der Waals surface area (Å²) in [6.45, 7) is 2.95. The summed E-state index contributed by atoms with van der Waals surface area (Å²) >= 11 is 12.3. The maximum atomic E-state index is 6.33. The molecule has 0 aromatic heterocycles. The first kappa shape index (κ1) is 13.3. The number of anilines is 2. The van der Waals surface area contributed by atoms with Crippen LogP contribution in [0.4, 0.5) is 11.4 Å². The van der Waals surface area contributed by atoms with E-state index in [2.05, 4.69) is 24.0 Å². The van der Waals surface area contributed by atoms with Crippen LogP contribution < -0.4 is 4.90 Å². The molecule has 0 N–H and O–H groups in total. The number of para-hydroxylation sites is 2. The van der Waals surface area contributed by atoms with Gasteiger partial charge in [-0.1, -0.05) is 41.9 Å². The van der Waals surface area contributed by atoms with Crippen LogP contribution in [0.15, 0.2) is 48.5 Å². The molecule has 0 saturated heterocycles. The Morgan fingerprint density at radius 1 is 1.00 bits per heavy atom. The standard InChI is InChI=1S/C15H15Cl2N/c1-2-18(13-8-4-3-5-9-13)15-12(11-16)7-6-10-14(15)17/h3-10H,2,11H2,1H3. The molecule has 0 aliphatic rings. The summed E-state index contributed by atoms with van der Waals surface area (Å²) in [5.41, 5.74) is 3.18. The van der Waals surface area contributed by atoms with Crippen LogP contribution in [-0.4, -0.2) is 6.54 Å². The van der Waals surface area contributed by atoms with Crippen molar-refractivity contribution in [2.75, 3.05) is 11.4 Å². The van der Waals surface area contributed by atoms with Gasteiger partial charge < -0.3 is 4.90 Å². The quantitative estimate of drug-likeness (QED) is 0.692. The lowest BCUT2D eigenvalue weighted by atomic mass is 10.1. The van der Waals surface area contributed by atoms with Crippen LogP contribution in [0.5, 0.6) is 0 Å². The van der Waals surface area contributed by atoms with E-state index in [9.17, 15) is 0 Å². The van der Waals surface area contributed by atoms with Gasteiger partial charge in [0.1, 0.15) is 0 Å². The molecule has 0 unspecified atom stereocenters. The lowest BCUT2D eigenvalue weighted by molar-refractivity contribution is 1.01. The zero-order valence-electron chi connectivity index (χ0n) is 10.2. The molecule has 2 rings (SSSR count). The van der Waals surface area contributed by atoms with Gasteiger partial charge >= 0.3 is 0 Å². The number of hydrogen-bond acceptors (Lipinski definition) is 1. The van der Waals surface area contributed by atoms with Gasteiger partial charge in [0.15, 0.2) is 0 Å². The van der Waals surface area contributed by atoms with Gasteiger partial charge in [0.05, 0.1) is 10.7 Å². The average molecular weight is 280 g/mol. The molecule has 0 atom stereocenters. The molecule has 0 radical (unpaired) electrons. The summed E-state index contributed by atoms with van der Waals surface area (Å²) in [7, 11) is 0. The third-order valence-corrected chi connectivity index (χ3v) is 3.46. The van der Waals surface area contributed by atoms with Crippen LogP contribution in [-0.2, 0) is 5.88 Å². The van der Waals surface area contributed by atoms with Crippen molar-refractivity contribution in [1.82, 2.24) is 0 Å². The van der Waals surface area contributed by atoms with E-state index in [0.717, 1.165) is 28.5 Å². The van der Waals surface area contributed by atoms with Gasteiger partial charge in [-0.2, -0.15) is 0 Å². The second-order valence-electron chi connectivity index (χ2n) is 3.96. The third kappa shape index (κ3) is 2.63. The average Bonchev–Trinajstić information content (AvgIpc) is 2.42. The van der Waals surface area contributed by atoms with Crippen LogP contribution in [0.2, 0.25) is 5.02 Å². The molecule has 0 amide bonds. The maximum absolute atomic E-state index is 6.33. The first-order chi connectivity index (χ1) is 8.77.